The SMILES string of the molecule is COC(=O)c1cncc(-c2ccc(SCc3ccccc3)nc2)n1. The fraction of sp³-hybridized carbons (Fsp3) is 0.111. The molecule has 0 aliphatic heterocycles. The van der Waals surface area contributed by atoms with Crippen molar-refractivity contribution in [3.05, 3.63) is 72.3 Å². The van der Waals surface area contributed by atoms with Crippen LogP contribution in [0.4, 0.5) is 0 Å². The molecule has 0 saturated heterocycles. The van der Waals surface area contributed by atoms with Gasteiger partial charge in [-0.15, -0.1) is 11.8 Å². The second-order valence-corrected chi connectivity index (χ2v) is 5.94. The van der Waals surface area contributed by atoms with E-state index in [1.54, 1.807) is 24.2 Å². The Labute approximate surface area is 144 Å². The maximum atomic E-state index is 11.5. The average Bonchev–Trinajstić information content (AvgIpc) is 2.67. The van der Waals surface area contributed by atoms with Gasteiger partial charge in [0.25, 0.3) is 0 Å². The Morgan fingerprint density at radius 1 is 1.08 bits per heavy atom. The van der Waals surface area contributed by atoms with Crippen molar-refractivity contribution in [2.45, 2.75) is 10.8 Å². The third-order valence-electron chi connectivity index (χ3n) is 3.29. The molecule has 2 aromatic heterocycles. The summed E-state index contributed by atoms with van der Waals surface area (Å²) in [5.41, 5.74) is 2.82. The first-order valence-corrected chi connectivity index (χ1v) is 8.28. The number of esters is 1. The Kier molecular flexibility index (Phi) is 5.18. The van der Waals surface area contributed by atoms with Crippen molar-refractivity contribution in [2.75, 3.05) is 7.11 Å². The van der Waals surface area contributed by atoms with Crippen molar-refractivity contribution in [1.82, 2.24) is 15.0 Å². The fourth-order valence-corrected chi connectivity index (χ4v) is 2.86. The van der Waals surface area contributed by atoms with Crippen LogP contribution in [0.25, 0.3) is 11.3 Å². The van der Waals surface area contributed by atoms with Crippen molar-refractivity contribution >= 4 is 17.7 Å². The van der Waals surface area contributed by atoms with E-state index in [9.17, 15) is 4.79 Å². The van der Waals surface area contributed by atoms with E-state index in [1.807, 2.05) is 30.3 Å². The number of rotatable bonds is 5. The van der Waals surface area contributed by atoms with E-state index < -0.39 is 5.97 Å². The van der Waals surface area contributed by atoms with Gasteiger partial charge in [-0.1, -0.05) is 30.3 Å². The summed E-state index contributed by atoms with van der Waals surface area (Å²) < 4.78 is 4.66. The zero-order valence-corrected chi connectivity index (χ0v) is 13.9. The van der Waals surface area contributed by atoms with E-state index in [0.717, 1.165) is 16.3 Å². The minimum absolute atomic E-state index is 0.178. The van der Waals surface area contributed by atoms with Gasteiger partial charge in [0.05, 0.1) is 30.2 Å². The molecule has 0 spiro atoms. The standard InChI is InChI=1S/C18H15N3O2S/c1-23-18(22)16-11-19-10-15(21-16)14-7-8-17(20-9-14)24-12-13-5-3-2-4-6-13/h2-11H,12H2,1H3. The highest BCUT2D eigenvalue weighted by molar-refractivity contribution is 7.98. The number of aromatic nitrogens is 3. The maximum Gasteiger partial charge on any atom is 0.358 e. The van der Waals surface area contributed by atoms with Crippen LogP contribution in [-0.4, -0.2) is 28.0 Å². The molecule has 24 heavy (non-hydrogen) atoms. The molecule has 3 aromatic rings. The third-order valence-corrected chi connectivity index (χ3v) is 4.31. The Morgan fingerprint density at radius 2 is 1.92 bits per heavy atom. The van der Waals surface area contributed by atoms with E-state index in [2.05, 4.69) is 31.8 Å². The Bertz CT molecular complexity index is 823. The minimum Gasteiger partial charge on any atom is -0.464 e. The highest BCUT2D eigenvalue weighted by Crippen LogP contribution is 2.23. The molecule has 0 bridgehead atoms. The molecule has 0 saturated carbocycles. The number of hydrogen-bond donors (Lipinski definition) is 0. The first-order chi connectivity index (χ1) is 11.8. The molecule has 0 unspecified atom stereocenters. The molecule has 6 heteroatoms. The molecule has 1 aromatic carbocycles. The van der Waals surface area contributed by atoms with Crippen LogP contribution in [0.3, 0.4) is 0 Å². The zero-order valence-electron chi connectivity index (χ0n) is 13.0. The number of thioether (sulfide) groups is 1. The number of hydrogen-bond acceptors (Lipinski definition) is 6. The molecular formula is C18H15N3O2S. The lowest BCUT2D eigenvalue weighted by atomic mass is 10.2. The molecule has 120 valence electrons. The van der Waals surface area contributed by atoms with Gasteiger partial charge in [0.1, 0.15) is 0 Å². The quantitative estimate of drug-likeness (QED) is 0.523. The number of methoxy groups -OCH3 is 1. The summed E-state index contributed by atoms with van der Waals surface area (Å²) in [4.78, 5) is 24.3. The Morgan fingerprint density at radius 3 is 2.62 bits per heavy atom. The fourth-order valence-electron chi connectivity index (χ4n) is 2.06. The predicted octanol–water partition coefficient (Wildman–Crippen LogP) is 3.62. The minimum atomic E-state index is -0.507. The molecule has 2 heterocycles. The van der Waals surface area contributed by atoms with Crippen LogP contribution in [-0.2, 0) is 10.5 Å². The van der Waals surface area contributed by atoms with Crippen LogP contribution in [0.2, 0.25) is 0 Å². The van der Waals surface area contributed by atoms with Gasteiger partial charge in [-0.3, -0.25) is 4.98 Å². The van der Waals surface area contributed by atoms with Crippen LogP contribution >= 0.6 is 11.8 Å². The summed E-state index contributed by atoms with van der Waals surface area (Å²) in [7, 11) is 1.32. The second-order valence-electron chi connectivity index (χ2n) is 4.94. The lowest BCUT2D eigenvalue weighted by Crippen LogP contribution is -2.05. The Hall–Kier alpha value is -2.73. The van der Waals surface area contributed by atoms with Gasteiger partial charge in [0, 0.05) is 17.5 Å². The maximum absolute atomic E-state index is 11.5. The van der Waals surface area contributed by atoms with Crippen LogP contribution in [0.1, 0.15) is 16.1 Å². The first-order valence-electron chi connectivity index (χ1n) is 7.30. The molecule has 0 atom stereocenters. The number of pyridine rings is 1. The van der Waals surface area contributed by atoms with E-state index in [4.69, 9.17) is 0 Å². The van der Waals surface area contributed by atoms with Gasteiger partial charge in [-0.25, -0.2) is 14.8 Å². The van der Waals surface area contributed by atoms with Gasteiger partial charge in [-0.2, -0.15) is 0 Å². The zero-order chi connectivity index (χ0) is 16.8. The van der Waals surface area contributed by atoms with Crippen LogP contribution < -0.4 is 0 Å². The summed E-state index contributed by atoms with van der Waals surface area (Å²) in [6.45, 7) is 0. The molecule has 3 rings (SSSR count). The summed E-state index contributed by atoms with van der Waals surface area (Å²) in [5.74, 6) is 0.359. The van der Waals surface area contributed by atoms with Crippen molar-refractivity contribution < 1.29 is 9.53 Å². The van der Waals surface area contributed by atoms with Crippen molar-refractivity contribution in [3.63, 3.8) is 0 Å². The Balaban J connectivity index is 1.71. The molecule has 5 nitrogen and oxygen atoms in total. The molecule has 0 radical (unpaired) electrons. The van der Waals surface area contributed by atoms with Crippen LogP contribution in [0, 0.1) is 0 Å². The van der Waals surface area contributed by atoms with E-state index in [0.29, 0.717) is 5.69 Å². The van der Waals surface area contributed by atoms with Crippen LogP contribution in [0.5, 0.6) is 0 Å². The molecular weight excluding hydrogens is 322 g/mol. The monoisotopic (exact) mass is 337 g/mol. The normalized spacial score (nSPS) is 10.4. The van der Waals surface area contributed by atoms with Gasteiger partial charge in [0.15, 0.2) is 5.69 Å². The molecule has 0 fully saturated rings. The summed E-state index contributed by atoms with van der Waals surface area (Å²) >= 11 is 1.67. The second kappa shape index (κ2) is 7.70. The van der Waals surface area contributed by atoms with Gasteiger partial charge in [0.2, 0.25) is 0 Å². The van der Waals surface area contributed by atoms with E-state index in [-0.39, 0.29) is 5.69 Å². The highest BCUT2D eigenvalue weighted by atomic mass is 32.2. The largest absolute Gasteiger partial charge is 0.464 e. The van der Waals surface area contributed by atoms with Crippen molar-refractivity contribution in [3.8, 4) is 11.3 Å². The highest BCUT2D eigenvalue weighted by Gasteiger charge is 2.10. The number of ether oxygens (including phenoxy) is 1. The van der Waals surface area contributed by atoms with Gasteiger partial charge < -0.3 is 4.74 Å². The lowest BCUT2D eigenvalue weighted by Gasteiger charge is -2.04. The number of carbonyl (C=O) groups is 1. The molecule has 0 aliphatic rings. The topological polar surface area (TPSA) is 65.0 Å². The molecule has 0 aliphatic carbocycles. The molecule has 0 N–H and O–H groups in total. The summed E-state index contributed by atoms with van der Waals surface area (Å²) in [6, 6.07) is 14.1. The van der Waals surface area contributed by atoms with Gasteiger partial charge in [-0.05, 0) is 17.7 Å². The number of carbonyl (C=O) groups excluding carboxylic acids is 1. The van der Waals surface area contributed by atoms with Crippen molar-refractivity contribution in [2.24, 2.45) is 0 Å². The first kappa shape index (κ1) is 16.1. The van der Waals surface area contributed by atoms with Crippen molar-refractivity contribution in [1.29, 1.82) is 0 Å². The smallest absolute Gasteiger partial charge is 0.358 e. The third kappa shape index (κ3) is 3.97. The van der Waals surface area contributed by atoms with Gasteiger partial charge >= 0.3 is 5.97 Å². The average molecular weight is 337 g/mol. The van der Waals surface area contributed by atoms with E-state index in [1.165, 1.54) is 18.9 Å². The van der Waals surface area contributed by atoms with Crippen LogP contribution in [0.15, 0.2) is 66.1 Å². The summed E-state index contributed by atoms with van der Waals surface area (Å²) in [6.07, 6.45) is 4.71. The summed E-state index contributed by atoms with van der Waals surface area (Å²) in [5, 5.41) is 0.930. The number of benzene rings is 1. The predicted molar refractivity (Wildman–Crippen MR) is 92.6 cm³/mol. The van der Waals surface area contributed by atoms with E-state index >= 15 is 0 Å². The number of nitrogens with zero attached hydrogens (tertiary/aromatic N) is 3. The lowest BCUT2D eigenvalue weighted by molar-refractivity contribution is 0.0593. The molecule has 0 amide bonds.